The van der Waals surface area contributed by atoms with Gasteiger partial charge in [0.25, 0.3) is 0 Å². The van der Waals surface area contributed by atoms with Gasteiger partial charge in [-0.3, -0.25) is 0 Å². The van der Waals surface area contributed by atoms with Crippen molar-refractivity contribution in [1.82, 2.24) is 4.98 Å². The van der Waals surface area contributed by atoms with E-state index in [0.29, 0.717) is 5.95 Å². The summed E-state index contributed by atoms with van der Waals surface area (Å²) in [7, 11) is 0. The lowest BCUT2D eigenvalue weighted by atomic mass is 10.1. The molecule has 0 aliphatic heterocycles. The average Bonchev–Trinajstić information content (AvgIpc) is 2.64. The van der Waals surface area contributed by atoms with Crippen molar-refractivity contribution in [3.8, 4) is 11.7 Å². The number of aryl methyl sites for hydroxylation is 2. The fourth-order valence-corrected chi connectivity index (χ4v) is 1.15. The third-order valence-corrected chi connectivity index (χ3v) is 2.11. The summed E-state index contributed by atoms with van der Waals surface area (Å²) in [6, 6.07) is 5.89. The van der Waals surface area contributed by atoms with Gasteiger partial charge in [0.2, 0.25) is 0 Å². The monoisotopic (exact) mass is 189 g/mol. The Bertz CT molecular complexity index is 421. The Kier molecular flexibility index (Phi) is 2.23. The summed E-state index contributed by atoms with van der Waals surface area (Å²) in [5.74, 6) is 1.18. The van der Waals surface area contributed by atoms with Crippen molar-refractivity contribution >= 4 is 0 Å². The van der Waals surface area contributed by atoms with E-state index in [1.165, 1.54) is 23.7 Å². The molecule has 1 aromatic carbocycles. The molecule has 1 heterocycles. The number of oxazole rings is 1. The van der Waals surface area contributed by atoms with Crippen LogP contribution in [0.15, 0.2) is 35.2 Å². The van der Waals surface area contributed by atoms with Gasteiger partial charge in [-0.25, -0.2) is 4.98 Å². The van der Waals surface area contributed by atoms with Gasteiger partial charge in [-0.05, 0) is 37.1 Å². The van der Waals surface area contributed by atoms with Crippen molar-refractivity contribution < 1.29 is 9.15 Å². The Hall–Kier alpha value is -1.77. The molecule has 14 heavy (non-hydrogen) atoms. The largest absolute Gasteiger partial charge is 0.425 e. The molecule has 0 saturated heterocycles. The summed E-state index contributed by atoms with van der Waals surface area (Å²) in [6.07, 6.45) is 2.88. The summed E-state index contributed by atoms with van der Waals surface area (Å²) in [5, 5.41) is 0. The Labute approximate surface area is 82.3 Å². The van der Waals surface area contributed by atoms with Crippen molar-refractivity contribution in [2.75, 3.05) is 0 Å². The van der Waals surface area contributed by atoms with Gasteiger partial charge in [0.1, 0.15) is 11.9 Å². The molecule has 3 nitrogen and oxygen atoms in total. The van der Waals surface area contributed by atoms with E-state index in [9.17, 15) is 0 Å². The van der Waals surface area contributed by atoms with Crippen molar-refractivity contribution in [3.05, 3.63) is 41.9 Å². The first-order valence-corrected chi connectivity index (χ1v) is 4.39. The lowest BCUT2D eigenvalue weighted by molar-refractivity contribution is 0.346. The Morgan fingerprint density at radius 1 is 1.21 bits per heavy atom. The van der Waals surface area contributed by atoms with E-state index in [-0.39, 0.29) is 0 Å². The van der Waals surface area contributed by atoms with E-state index in [4.69, 9.17) is 9.15 Å². The number of hydrogen-bond acceptors (Lipinski definition) is 3. The predicted octanol–water partition coefficient (Wildman–Crippen LogP) is 3.08. The fourth-order valence-electron chi connectivity index (χ4n) is 1.15. The maximum absolute atomic E-state index is 5.42. The lowest BCUT2D eigenvalue weighted by Crippen LogP contribution is -1.85. The molecule has 0 atom stereocenters. The molecule has 0 aliphatic carbocycles. The summed E-state index contributed by atoms with van der Waals surface area (Å²) in [5.41, 5.74) is 2.44. The van der Waals surface area contributed by atoms with Gasteiger partial charge < -0.3 is 9.15 Å². The number of nitrogens with zero attached hydrogens (tertiary/aromatic N) is 1. The first-order valence-electron chi connectivity index (χ1n) is 4.39. The zero-order chi connectivity index (χ0) is 9.97. The van der Waals surface area contributed by atoms with Crippen molar-refractivity contribution in [2.45, 2.75) is 13.8 Å². The van der Waals surface area contributed by atoms with Gasteiger partial charge in [-0.2, -0.15) is 0 Å². The van der Waals surface area contributed by atoms with Crippen molar-refractivity contribution in [3.63, 3.8) is 0 Å². The molecule has 2 rings (SSSR count). The van der Waals surface area contributed by atoms with Crippen molar-refractivity contribution in [2.24, 2.45) is 0 Å². The summed E-state index contributed by atoms with van der Waals surface area (Å²) < 4.78 is 10.4. The SMILES string of the molecule is Cc1ccc(Oc2cnco2)cc1C. The average molecular weight is 189 g/mol. The second-order valence-electron chi connectivity index (χ2n) is 3.17. The van der Waals surface area contributed by atoms with Crippen LogP contribution >= 0.6 is 0 Å². The van der Waals surface area contributed by atoms with Gasteiger partial charge in [0, 0.05) is 0 Å². The maximum atomic E-state index is 5.42. The van der Waals surface area contributed by atoms with E-state index in [2.05, 4.69) is 11.9 Å². The topological polar surface area (TPSA) is 35.3 Å². The Morgan fingerprint density at radius 3 is 2.71 bits per heavy atom. The molecule has 0 unspecified atom stereocenters. The third kappa shape index (κ3) is 1.76. The molecule has 72 valence electrons. The zero-order valence-corrected chi connectivity index (χ0v) is 8.15. The van der Waals surface area contributed by atoms with Crippen LogP contribution in [-0.2, 0) is 0 Å². The van der Waals surface area contributed by atoms with Gasteiger partial charge in [-0.15, -0.1) is 0 Å². The molecule has 1 aromatic heterocycles. The Morgan fingerprint density at radius 2 is 2.07 bits per heavy atom. The molecule has 0 N–H and O–H groups in total. The number of aromatic nitrogens is 1. The lowest BCUT2D eigenvalue weighted by Gasteiger charge is -2.04. The van der Waals surface area contributed by atoms with Crippen LogP contribution in [0.25, 0.3) is 0 Å². The van der Waals surface area contributed by atoms with Crippen LogP contribution < -0.4 is 4.74 Å². The third-order valence-electron chi connectivity index (χ3n) is 2.11. The quantitative estimate of drug-likeness (QED) is 0.728. The summed E-state index contributed by atoms with van der Waals surface area (Å²) >= 11 is 0. The maximum Gasteiger partial charge on any atom is 0.310 e. The molecule has 0 saturated carbocycles. The van der Waals surface area contributed by atoms with E-state index in [0.717, 1.165) is 5.75 Å². The van der Waals surface area contributed by atoms with E-state index in [1.54, 1.807) is 0 Å². The van der Waals surface area contributed by atoms with Gasteiger partial charge >= 0.3 is 5.95 Å². The van der Waals surface area contributed by atoms with Crippen LogP contribution in [0.1, 0.15) is 11.1 Å². The van der Waals surface area contributed by atoms with E-state index >= 15 is 0 Å². The fraction of sp³-hybridized carbons (Fsp3) is 0.182. The number of benzene rings is 1. The van der Waals surface area contributed by atoms with Crippen LogP contribution in [0.4, 0.5) is 0 Å². The molecule has 0 aliphatic rings. The first kappa shape index (κ1) is 8.81. The molecular formula is C11H11NO2. The van der Waals surface area contributed by atoms with Crippen molar-refractivity contribution in [1.29, 1.82) is 0 Å². The minimum absolute atomic E-state index is 0.410. The summed E-state index contributed by atoms with van der Waals surface area (Å²) in [4.78, 5) is 3.77. The molecule has 3 heteroatoms. The smallest absolute Gasteiger partial charge is 0.310 e. The molecule has 0 spiro atoms. The molecular weight excluding hydrogens is 178 g/mol. The highest BCUT2D eigenvalue weighted by Gasteiger charge is 2.01. The van der Waals surface area contributed by atoms with E-state index < -0.39 is 0 Å². The van der Waals surface area contributed by atoms with E-state index in [1.807, 2.05) is 25.1 Å². The van der Waals surface area contributed by atoms with Crippen LogP contribution in [0, 0.1) is 13.8 Å². The minimum atomic E-state index is 0.410. The molecule has 0 bridgehead atoms. The highest BCUT2D eigenvalue weighted by molar-refractivity contribution is 5.35. The predicted molar refractivity (Wildman–Crippen MR) is 52.5 cm³/mol. The van der Waals surface area contributed by atoms with Crippen LogP contribution in [0.3, 0.4) is 0 Å². The number of hydrogen-bond donors (Lipinski definition) is 0. The Balaban J connectivity index is 2.22. The second kappa shape index (κ2) is 3.54. The molecule has 0 amide bonds. The van der Waals surface area contributed by atoms with Gasteiger partial charge in [0.15, 0.2) is 6.39 Å². The second-order valence-corrected chi connectivity index (χ2v) is 3.17. The first-order chi connectivity index (χ1) is 6.75. The zero-order valence-electron chi connectivity index (χ0n) is 8.15. The van der Waals surface area contributed by atoms with Crippen LogP contribution in [0.5, 0.6) is 11.7 Å². The minimum Gasteiger partial charge on any atom is -0.425 e. The normalized spacial score (nSPS) is 10.1. The number of ether oxygens (including phenoxy) is 1. The van der Waals surface area contributed by atoms with Crippen LogP contribution in [-0.4, -0.2) is 4.98 Å². The highest BCUT2D eigenvalue weighted by atomic mass is 16.6. The highest BCUT2D eigenvalue weighted by Crippen LogP contribution is 2.22. The summed E-state index contributed by atoms with van der Waals surface area (Å²) in [6.45, 7) is 4.11. The molecule has 0 fully saturated rings. The standard InChI is InChI=1S/C11H11NO2/c1-8-3-4-10(5-9(8)2)14-11-6-12-7-13-11/h3-7H,1-2H3. The van der Waals surface area contributed by atoms with Gasteiger partial charge in [0.05, 0.1) is 0 Å². The molecule has 2 aromatic rings. The van der Waals surface area contributed by atoms with Crippen LogP contribution in [0.2, 0.25) is 0 Å². The molecule has 0 radical (unpaired) electrons. The van der Waals surface area contributed by atoms with Gasteiger partial charge in [-0.1, -0.05) is 6.07 Å². The number of rotatable bonds is 2.